The molecular formula is C47H95NO6S. The Labute approximate surface area is 342 Å². The number of nitrogens with one attached hydrogen (secondary N) is 1. The van der Waals surface area contributed by atoms with Crippen molar-refractivity contribution in [2.45, 2.75) is 289 Å². The molecule has 0 heterocycles. The van der Waals surface area contributed by atoms with Crippen molar-refractivity contribution < 1.29 is 28.0 Å². The highest BCUT2D eigenvalue weighted by atomic mass is 32.2. The highest BCUT2D eigenvalue weighted by molar-refractivity contribution is 7.85. The second kappa shape index (κ2) is 41.5. The van der Waals surface area contributed by atoms with Gasteiger partial charge in [0, 0.05) is 0 Å². The summed E-state index contributed by atoms with van der Waals surface area (Å²) in [5.74, 6) is -1.44. The fourth-order valence-electron chi connectivity index (χ4n) is 7.94. The van der Waals surface area contributed by atoms with Crippen molar-refractivity contribution in [1.82, 2.24) is 5.32 Å². The number of aliphatic hydroxyl groups excluding tert-OH is 2. The van der Waals surface area contributed by atoms with E-state index in [1.165, 1.54) is 199 Å². The predicted molar refractivity (Wildman–Crippen MR) is 236 cm³/mol. The number of unbranched alkanes of at least 4 members (excludes halogenated alkanes) is 36. The van der Waals surface area contributed by atoms with Crippen molar-refractivity contribution in [3.05, 3.63) is 0 Å². The fraction of sp³-hybridized carbons (Fsp3) is 0.979. The van der Waals surface area contributed by atoms with Crippen molar-refractivity contribution in [2.75, 3.05) is 5.75 Å². The molecule has 0 saturated carbocycles. The Kier molecular flexibility index (Phi) is 40.9. The summed E-state index contributed by atoms with van der Waals surface area (Å²) in [4.78, 5) is 12.7. The van der Waals surface area contributed by atoms with E-state index in [4.69, 9.17) is 0 Å². The molecule has 55 heavy (non-hydrogen) atoms. The average Bonchev–Trinajstić information content (AvgIpc) is 3.15. The maximum absolute atomic E-state index is 12.7. The first kappa shape index (κ1) is 54.3. The molecule has 0 aromatic heterocycles. The van der Waals surface area contributed by atoms with Crippen LogP contribution in [-0.2, 0) is 14.9 Å². The molecule has 0 spiro atoms. The van der Waals surface area contributed by atoms with Crippen molar-refractivity contribution in [2.24, 2.45) is 0 Å². The van der Waals surface area contributed by atoms with Gasteiger partial charge in [0.05, 0.1) is 17.9 Å². The van der Waals surface area contributed by atoms with Crippen LogP contribution < -0.4 is 5.32 Å². The molecule has 0 radical (unpaired) electrons. The van der Waals surface area contributed by atoms with Crippen molar-refractivity contribution >= 4 is 16.0 Å². The zero-order chi connectivity index (χ0) is 40.5. The van der Waals surface area contributed by atoms with E-state index in [0.717, 1.165) is 44.9 Å². The molecule has 0 saturated heterocycles. The van der Waals surface area contributed by atoms with Gasteiger partial charge in [0.1, 0.15) is 6.10 Å². The molecule has 7 nitrogen and oxygen atoms in total. The van der Waals surface area contributed by atoms with Crippen molar-refractivity contribution in [3.63, 3.8) is 0 Å². The van der Waals surface area contributed by atoms with E-state index in [9.17, 15) is 28.0 Å². The molecule has 0 aromatic rings. The highest BCUT2D eigenvalue weighted by Gasteiger charge is 2.28. The number of rotatable bonds is 45. The monoisotopic (exact) mass is 802 g/mol. The molecule has 4 N–H and O–H groups in total. The van der Waals surface area contributed by atoms with Crippen LogP contribution in [0.15, 0.2) is 0 Å². The Hall–Kier alpha value is -0.700. The van der Waals surface area contributed by atoms with Crippen molar-refractivity contribution in [3.8, 4) is 0 Å². The van der Waals surface area contributed by atoms with E-state index in [2.05, 4.69) is 19.2 Å². The zero-order valence-corrected chi connectivity index (χ0v) is 37.5. The minimum Gasteiger partial charge on any atom is -0.391 e. The summed E-state index contributed by atoms with van der Waals surface area (Å²) in [6.45, 7) is 4.54. The van der Waals surface area contributed by atoms with Crippen LogP contribution in [0.1, 0.15) is 271 Å². The summed E-state index contributed by atoms with van der Waals surface area (Å²) in [5.41, 5.74) is 0. The molecule has 3 unspecified atom stereocenters. The van der Waals surface area contributed by atoms with Gasteiger partial charge in [-0.15, -0.1) is 0 Å². The first-order valence-corrected chi connectivity index (χ1v) is 25.9. The molecule has 0 bridgehead atoms. The van der Waals surface area contributed by atoms with Gasteiger partial charge >= 0.3 is 0 Å². The van der Waals surface area contributed by atoms with Crippen LogP contribution in [0.3, 0.4) is 0 Å². The quantitative estimate of drug-likeness (QED) is 0.0359. The Balaban J connectivity index is 3.84. The van der Waals surface area contributed by atoms with E-state index < -0.39 is 40.0 Å². The lowest BCUT2D eigenvalue weighted by molar-refractivity contribution is -0.131. The second-order valence-electron chi connectivity index (χ2n) is 17.3. The van der Waals surface area contributed by atoms with Gasteiger partial charge < -0.3 is 15.5 Å². The van der Waals surface area contributed by atoms with Gasteiger partial charge in [0.15, 0.2) is 0 Å². The Morgan fingerprint density at radius 1 is 0.418 bits per heavy atom. The molecule has 1 amide bonds. The molecule has 0 fully saturated rings. The van der Waals surface area contributed by atoms with Crippen molar-refractivity contribution in [1.29, 1.82) is 0 Å². The second-order valence-corrected chi connectivity index (χ2v) is 18.7. The number of amides is 1. The Bertz CT molecular complexity index is 900. The summed E-state index contributed by atoms with van der Waals surface area (Å²) >= 11 is 0. The van der Waals surface area contributed by atoms with Gasteiger partial charge in [-0.1, -0.05) is 258 Å². The summed E-state index contributed by atoms with van der Waals surface area (Å²) in [7, 11) is -4.41. The summed E-state index contributed by atoms with van der Waals surface area (Å²) < 4.78 is 32.7. The normalized spacial score (nSPS) is 13.6. The predicted octanol–water partition coefficient (Wildman–Crippen LogP) is 13.7. The standard InChI is InChI=1S/C47H95NO6S/c1-3-5-7-9-11-13-15-17-19-21-22-23-24-26-27-29-31-33-35-37-39-41-45(49)44(43-55(52,53)54)48-47(51)46(50)42-40-38-36-34-32-30-28-25-20-18-16-14-12-10-8-6-4-2/h44-46,49-50H,3-43H2,1-2H3,(H,48,51)(H,52,53,54). The van der Waals surface area contributed by atoms with E-state index in [1.54, 1.807) is 0 Å². The highest BCUT2D eigenvalue weighted by Crippen LogP contribution is 2.18. The third-order valence-electron chi connectivity index (χ3n) is 11.7. The fourth-order valence-corrected chi connectivity index (χ4v) is 8.69. The number of aliphatic hydroxyl groups is 2. The van der Waals surface area contributed by atoms with E-state index >= 15 is 0 Å². The maximum atomic E-state index is 12.7. The van der Waals surface area contributed by atoms with E-state index in [0.29, 0.717) is 12.8 Å². The summed E-state index contributed by atoms with van der Waals surface area (Å²) in [6.07, 6.45) is 47.0. The number of hydrogen-bond donors (Lipinski definition) is 4. The number of carbonyl (C=O) groups is 1. The van der Waals surface area contributed by atoms with Crippen LogP contribution in [0, 0.1) is 0 Å². The molecule has 0 rings (SSSR count). The zero-order valence-electron chi connectivity index (χ0n) is 36.7. The van der Waals surface area contributed by atoms with Crippen LogP contribution in [0.5, 0.6) is 0 Å². The van der Waals surface area contributed by atoms with Gasteiger partial charge in [0.25, 0.3) is 10.1 Å². The SMILES string of the molecule is CCCCCCCCCCCCCCCCCCCCCCCC(O)C(CS(=O)(=O)O)NC(=O)C(O)CCCCCCCCCCCCCCCCCCC. The van der Waals surface area contributed by atoms with Crippen LogP contribution in [-0.4, -0.2) is 53.1 Å². The average molecular weight is 802 g/mol. The molecule has 330 valence electrons. The van der Waals surface area contributed by atoms with Gasteiger partial charge in [-0.25, -0.2) is 0 Å². The summed E-state index contributed by atoms with van der Waals surface area (Å²) in [5, 5.41) is 23.7. The van der Waals surface area contributed by atoms with Gasteiger partial charge in [-0.05, 0) is 12.8 Å². The molecule has 0 aliphatic heterocycles. The van der Waals surface area contributed by atoms with Crippen LogP contribution >= 0.6 is 0 Å². The first-order valence-electron chi connectivity index (χ1n) is 24.3. The molecule has 3 atom stereocenters. The van der Waals surface area contributed by atoms with Crippen LogP contribution in [0.2, 0.25) is 0 Å². The van der Waals surface area contributed by atoms with Gasteiger partial charge in [0.2, 0.25) is 5.91 Å². The number of carbonyl (C=O) groups excluding carboxylic acids is 1. The Morgan fingerprint density at radius 3 is 0.909 bits per heavy atom. The van der Waals surface area contributed by atoms with Crippen LogP contribution in [0.4, 0.5) is 0 Å². The van der Waals surface area contributed by atoms with E-state index in [-0.39, 0.29) is 0 Å². The smallest absolute Gasteiger partial charge is 0.266 e. The molecule has 8 heteroatoms. The maximum Gasteiger partial charge on any atom is 0.266 e. The van der Waals surface area contributed by atoms with Gasteiger partial charge in [-0.2, -0.15) is 8.42 Å². The lowest BCUT2D eigenvalue weighted by atomic mass is 10.0. The number of hydrogen-bond acceptors (Lipinski definition) is 5. The third kappa shape index (κ3) is 41.3. The lowest BCUT2D eigenvalue weighted by Gasteiger charge is -2.24. The van der Waals surface area contributed by atoms with E-state index in [1.807, 2.05) is 0 Å². The lowest BCUT2D eigenvalue weighted by Crippen LogP contribution is -2.50. The van der Waals surface area contributed by atoms with Crippen LogP contribution in [0.25, 0.3) is 0 Å². The van der Waals surface area contributed by atoms with Gasteiger partial charge in [-0.3, -0.25) is 9.35 Å². The topological polar surface area (TPSA) is 124 Å². The molecule has 0 aromatic carbocycles. The molecule has 0 aliphatic rings. The Morgan fingerprint density at radius 2 is 0.655 bits per heavy atom. The largest absolute Gasteiger partial charge is 0.391 e. The minimum absolute atomic E-state index is 0.304. The minimum atomic E-state index is -4.41. The molecular weight excluding hydrogens is 707 g/mol. The summed E-state index contributed by atoms with van der Waals surface area (Å²) in [6, 6.07) is -1.14. The first-order chi connectivity index (χ1) is 26.7. The third-order valence-corrected chi connectivity index (χ3v) is 12.4. The molecule has 0 aliphatic carbocycles.